The van der Waals surface area contributed by atoms with Gasteiger partial charge in [0.15, 0.2) is 0 Å². The number of nitrogens with zero attached hydrogens (tertiary/aromatic N) is 1. The molecule has 1 N–H and O–H groups in total. The van der Waals surface area contributed by atoms with Crippen LogP contribution in [-0.2, 0) is 16.0 Å². The number of nitrogens with one attached hydrogen (secondary N) is 1. The minimum absolute atomic E-state index is 0.0470. The second-order valence-electron chi connectivity index (χ2n) is 6.29. The van der Waals surface area contributed by atoms with Gasteiger partial charge in [-0.05, 0) is 42.7 Å². The molecule has 0 saturated carbocycles. The maximum atomic E-state index is 12.6. The van der Waals surface area contributed by atoms with Gasteiger partial charge in [-0.3, -0.25) is 9.59 Å². The highest BCUT2D eigenvalue weighted by atomic mass is 35.5. The van der Waals surface area contributed by atoms with E-state index in [0.717, 1.165) is 28.9 Å². The van der Waals surface area contributed by atoms with Crippen LogP contribution in [0.4, 0.5) is 11.4 Å². The Morgan fingerprint density at radius 2 is 2.00 bits per heavy atom. The van der Waals surface area contributed by atoms with Crippen LogP contribution in [0.25, 0.3) is 0 Å². The highest BCUT2D eigenvalue weighted by Crippen LogP contribution is 2.32. The predicted molar refractivity (Wildman–Crippen MR) is 101 cm³/mol. The first-order valence-corrected chi connectivity index (χ1v) is 8.83. The van der Waals surface area contributed by atoms with E-state index in [4.69, 9.17) is 11.6 Å². The van der Waals surface area contributed by atoms with E-state index in [2.05, 4.69) is 5.32 Å². The van der Waals surface area contributed by atoms with Crippen molar-refractivity contribution in [3.63, 3.8) is 0 Å². The Morgan fingerprint density at radius 1 is 1.24 bits per heavy atom. The number of carbonyl (C=O) groups excluding carboxylic acids is 2. The van der Waals surface area contributed by atoms with E-state index in [-0.39, 0.29) is 24.2 Å². The van der Waals surface area contributed by atoms with Crippen LogP contribution in [0.5, 0.6) is 0 Å². The summed E-state index contributed by atoms with van der Waals surface area (Å²) >= 11 is 6.16. The van der Waals surface area contributed by atoms with Crippen molar-refractivity contribution in [2.45, 2.75) is 26.7 Å². The lowest BCUT2D eigenvalue weighted by Crippen LogP contribution is -2.28. The van der Waals surface area contributed by atoms with Crippen LogP contribution < -0.4 is 10.2 Å². The number of rotatable bonds is 4. The molecule has 1 aliphatic rings. The topological polar surface area (TPSA) is 49.4 Å². The molecule has 2 aromatic carbocycles. The largest absolute Gasteiger partial charge is 0.326 e. The third-order valence-electron chi connectivity index (χ3n) is 4.68. The molecule has 1 heterocycles. The maximum absolute atomic E-state index is 12.6. The summed E-state index contributed by atoms with van der Waals surface area (Å²) in [5.41, 5.74) is 3.54. The van der Waals surface area contributed by atoms with Gasteiger partial charge in [-0.2, -0.15) is 0 Å². The van der Waals surface area contributed by atoms with Crippen molar-refractivity contribution in [2.75, 3.05) is 16.8 Å². The molecular weight excluding hydrogens is 336 g/mol. The molecule has 1 aliphatic heterocycles. The average Bonchev–Trinajstić information content (AvgIpc) is 2.99. The van der Waals surface area contributed by atoms with Crippen LogP contribution in [0.15, 0.2) is 42.5 Å². The first-order valence-electron chi connectivity index (χ1n) is 8.45. The van der Waals surface area contributed by atoms with Crippen LogP contribution in [0.2, 0.25) is 5.02 Å². The number of hydrogen-bond acceptors (Lipinski definition) is 2. The first-order chi connectivity index (χ1) is 12.0. The zero-order chi connectivity index (χ0) is 18.0. The van der Waals surface area contributed by atoms with Gasteiger partial charge in [0.1, 0.15) is 0 Å². The van der Waals surface area contributed by atoms with Gasteiger partial charge in [-0.15, -0.1) is 0 Å². The number of hydrogen-bond donors (Lipinski definition) is 1. The van der Waals surface area contributed by atoms with Gasteiger partial charge >= 0.3 is 0 Å². The second-order valence-corrected chi connectivity index (χ2v) is 6.70. The molecule has 1 saturated heterocycles. The maximum Gasteiger partial charge on any atom is 0.229 e. The number of amides is 2. The van der Waals surface area contributed by atoms with Crippen LogP contribution in [0.3, 0.4) is 0 Å². The molecule has 5 heteroatoms. The van der Waals surface area contributed by atoms with Crippen molar-refractivity contribution in [3.8, 4) is 0 Å². The Morgan fingerprint density at radius 3 is 2.76 bits per heavy atom. The number of anilines is 2. The summed E-state index contributed by atoms with van der Waals surface area (Å²) in [5.74, 6) is -0.526. The van der Waals surface area contributed by atoms with Gasteiger partial charge in [0.05, 0.1) is 5.92 Å². The third kappa shape index (κ3) is 3.54. The van der Waals surface area contributed by atoms with Crippen molar-refractivity contribution in [3.05, 3.63) is 58.6 Å². The van der Waals surface area contributed by atoms with Gasteiger partial charge in [0.25, 0.3) is 0 Å². The Labute approximate surface area is 152 Å². The van der Waals surface area contributed by atoms with Crippen LogP contribution >= 0.6 is 11.6 Å². The van der Waals surface area contributed by atoms with Crippen LogP contribution in [-0.4, -0.2) is 18.4 Å². The fraction of sp³-hybridized carbons (Fsp3) is 0.300. The Bertz CT molecular complexity index is 819. The van der Waals surface area contributed by atoms with E-state index in [9.17, 15) is 9.59 Å². The summed E-state index contributed by atoms with van der Waals surface area (Å²) in [6, 6.07) is 13.2. The number of para-hydroxylation sites is 1. The Hall–Kier alpha value is -2.33. The fourth-order valence-electron chi connectivity index (χ4n) is 3.19. The lowest BCUT2D eigenvalue weighted by Gasteiger charge is -2.20. The Kier molecular flexibility index (Phi) is 5.09. The van der Waals surface area contributed by atoms with Crippen molar-refractivity contribution < 1.29 is 9.59 Å². The highest BCUT2D eigenvalue weighted by molar-refractivity contribution is 6.31. The fourth-order valence-corrected chi connectivity index (χ4v) is 3.36. The molecule has 25 heavy (non-hydrogen) atoms. The third-order valence-corrected chi connectivity index (χ3v) is 5.09. The summed E-state index contributed by atoms with van der Waals surface area (Å²) in [6.07, 6.45) is 1.06. The quantitative estimate of drug-likeness (QED) is 0.892. The summed E-state index contributed by atoms with van der Waals surface area (Å²) in [6.45, 7) is 4.31. The van der Waals surface area contributed by atoms with E-state index >= 15 is 0 Å². The molecule has 2 amide bonds. The summed E-state index contributed by atoms with van der Waals surface area (Å²) in [7, 11) is 0. The van der Waals surface area contributed by atoms with Gasteiger partial charge < -0.3 is 10.2 Å². The smallest absolute Gasteiger partial charge is 0.229 e. The van der Waals surface area contributed by atoms with Crippen LogP contribution in [0.1, 0.15) is 24.5 Å². The number of benzene rings is 2. The van der Waals surface area contributed by atoms with E-state index < -0.39 is 0 Å². The predicted octanol–water partition coefficient (Wildman–Crippen LogP) is 4.20. The molecule has 3 rings (SSSR count). The van der Waals surface area contributed by atoms with Crippen LogP contribution in [0, 0.1) is 12.8 Å². The van der Waals surface area contributed by atoms with E-state index in [1.54, 1.807) is 11.0 Å². The summed E-state index contributed by atoms with van der Waals surface area (Å²) < 4.78 is 0. The molecule has 1 fully saturated rings. The zero-order valence-electron chi connectivity index (χ0n) is 14.4. The van der Waals surface area contributed by atoms with Crippen molar-refractivity contribution in [2.24, 2.45) is 5.92 Å². The second kappa shape index (κ2) is 7.28. The minimum Gasteiger partial charge on any atom is -0.326 e. The normalized spacial score (nSPS) is 17.0. The average molecular weight is 357 g/mol. The summed E-state index contributed by atoms with van der Waals surface area (Å²) in [4.78, 5) is 26.7. The van der Waals surface area contributed by atoms with Gasteiger partial charge in [-0.25, -0.2) is 0 Å². The molecule has 2 aromatic rings. The molecule has 0 spiro atoms. The molecule has 4 nitrogen and oxygen atoms in total. The van der Waals surface area contributed by atoms with Gasteiger partial charge in [0, 0.05) is 29.4 Å². The van der Waals surface area contributed by atoms with Gasteiger partial charge in [-0.1, -0.05) is 42.8 Å². The monoisotopic (exact) mass is 356 g/mol. The van der Waals surface area contributed by atoms with Gasteiger partial charge in [0.2, 0.25) is 11.8 Å². The summed E-state index contributed by atoms with van der Waals surface area (Å²) in [5, 5.41) is 3.60. The number of carbonyl (C=O) groups is 2. The molecule has 1 atom stereocenters. The van der Waals surface area contributed by atoms with E-state index in [0.29, 0.717) is 11.6 Å². The standard InChI is InChI=1S/C20H21ClN2O2/c1-3-14-7-4-5-9-17(14)22-20(25)15-11-19(24)23(12-15)18-10-6-8-16(21)13(18)2/h4-10,15H,3,11-12H2,1-2H3,(H,22,25)/t15-/m1/s1. The molecule has 0 aromatic heterocycles. The minimum atomic E-state index is -0.365. The molecule has 0 aliphatic carbocycles. The number of aryl methyl sites for hydroxylation is 1. The van der Waals surface area contributed by atoms with E-state index in [1.807, 2.05) is 50.2 Å². The molecule has 0 unspecified atom stereocenters. The molecular formula is C20H21ClN2O2. The first kappa shape index (κ1) is 17.5. The van der Waals surface area contributed by atoms with Crippen molar-refractivity contribution >= 4 is 34.8 Å². The Balaban J connectivity index is 1.76. The number of halogens is 1. The molecule has 0 radical (unpaired) electrons. The molecule has 130 valence electrons. The SMILES string of the molecule is CCc1ccccc1NC(=O)[C@@H]1CC(=O)N(c2cccc(Cl)c2C)C1. The van der Waals surface area contributed by atoms with Crippen molar-refractivity contribution in [1.82, 2.24) is 0 Å². The lowest BCUT2D eigenvalue weighted by molar-refractivity contribution is -0.122. The lowest BCUT2D eigenvalue weighted by atomic mass is 10.1. The highest BCUT2D eigenvalue weighted by Gasteiger charge is 2.36. The van der Waals surface area contributed by atoms with Crippen molar-refractivity contribution in [1.29, 1.82) is 0 Å². The molecule has 0 bridgehead atoms. The zero-order valence-corrected chi connectivity index (χ0v) is 15.1. The van der Waals surface area contributed by atoms with E-state index in [1.165, 1.54) is 0 Å².